The average molecular weight is 431 g/mol. The number of amides is 1. The van der Waals surface area contributed by atoms with Crippen LogP contribution in [0.3, 0.4) is 0 Å². The van der Waals surface area contributed by atoms with E-state index in [2.05, 4.69) is 26.2 Å². The highest BCUT2D eigenvalue weighted by atomic mass is 35.5. The first-order valence-electron chi connectivity index (χ1n) is 8.97. The fourth-order valence-corrected chi connectivity index (χ4v) is 3.55. The molecule has 1 amide bonds. The molecule has 0 fully saturated rings. The Kier molecular flexibility index (Phi) is 5.08. The van der Waals surface area contributed by atoms with Crippen LogP contribution in [0.5, 0.6) is 11.5 Å². The van der Waals surface area contributed by atoms with Crippen LogP contribution < -0.4 is 20.1 Å². The first kappa shape index (κ1) is 19.8. The number of halogens is 1. The van der Waals surface area contributed by atoms with E-state index in [1.165, 1.54) is 18.9 Å². The van der Waals surface area contributed by atoms with E-state index in [1.54, 1.807) is 25.1 Å². The number of methoxy groups -OCH3 is 2. The molecule has 3 aromatic rings. The minimum absolute atomic E-state index is 0.365. The SMILES string of the molecule is COc1cc(NC(=O)C2=C(C)Nc3nnnn3C2c2ccc(C)o2)c(OC)cc1Cl. The van der Waals surface area contributed by atoms with Crippen molar-refractivity contribution in [1.82, 2.24) is 20.2 Å². The molecule has 1 aliphatic rings. The van der Waals surface area contributed by atoms with Crippen LogP contribution in [0.2, 0.25) is 5.02 Å². The van der Waals surface area contributed by atoms with Crippen molar-refractivity contribution < 1.29 is 18.7 Å². The number of ether oxygens (including phenoxy) is 2. The van der Waals surface area contributed by atoms with Gasteiger partial charge in [0.1, 0.15) is 29.1 Å². The average Bonchev–Trinajstić information content (AvgIpc) is 3.36. The number of nitrogens with one attached hydrogen (secondary N) is 2. The van der Waals surface area contributed by atoms with Gasteiger partial charge in [-0.3, -0.25) is 4.79 Å². The van der Waals surface area contributed by atoms with Crippen molar-refractivity contribution in [3.8, 4) is 11.5 Å². The molecule has 1 atom stereocenters. The number of tetrazole rings is 1. The number of carbonyl (C=O) groups is 1. The number of hydrogen-bond acceptors (Lipinski definition) is 8. The lowest BCUT2D eigenvalue weighted by atomic mass is 10.00. The number of anilines is 2. The first-order valence-corrected chi connectivity index (χ1v) is 9.35. The highest BCUT2D eigenvalue weighted by Crippen LogP contribution is 2.39. The highest BCUT2D eigenvalue weighted by molar-refractivity contribution is 6.32. The molecule has 1 unspecified atom stereocenters. The third-order valence-electron chi connectivity index (χ3n) is 4.71. The minimum atomic E-state index is -0.648. The highest BCUT2D eigenvalue weighted by Gasteiger charge is 2.36. The fraction of sp³-hybridized carbons (Fsp3) is 0.263. The molecule has 30 heavy (non-hydrogen) atoms. The summed E-state index contributed by atoms with van der Waals surface area (Å²) >= 11 is 6.16. The van der Waals surface area contributed by atoms with Gasteiger partial charge in [-0.05, 0) is 36.4 Å². The van der Waals surface area contributed by atoms with Crippen molar-refractivity contribution in [2.75, 3.05) is 24.9 Å². The predicted octanol–water partition coefficient (Wildman–Crippen LogP) is 3.17. The van der Waals surface area contributed by atoms with E-state index >= 15 is 0 Å². The first-order chi connectivity index (χ1) is 14.4. The van der Waals surface area contributed by atoms with E-state index in [0.29, 0.717) is 50.9 Å². The third kappa shape index (κ3) is 3.35. The maximum atomic E-state index is 13.4. The lowest BCUT2D eigenvalue weighted by molar-refractivity contribution is -0.113. The summed E-state index contributed by atoms with van der Waals surface area (Å²) in [5.74, 6) is 2.06. The maximum Gasteiger partial charge on any atom is 0.256 e. The van der Waals surface area contributed by atoms with Gasteiger partial charge in [0.05, 0.1) is 30.5 Å². The maximum absolute atomic E-state index is 13.4. The summed E-state index contributed by atoms with van der Waals surface area (Å²) in [7, 11) is 2.98. The second-order valence-corrected chi connectivity index (χ2v) is 7.01. The van der Waals surface area contributed by atoms with Gasteiger partial charge < -0.3 is 24.5 Å². The number of allylic oxidation sites excluding steroid dienone is 1. The van der Waals surface area contributed by atoms with Gasteiger partial charge in [-0.1, -0.05) is 16.7 Å². The Morgan fingerprint density at radius 3 is 2.67 bits per heavy atom. The number of benzene rings is 1. The molecule has 1 aromatic carbocycles. The zero-order valence-corrected chi connectivity index (χ0v) is 17.4. The molecular formula is C19H19ClN6O4. The zero-order chi connectivity index (χ0) is 21.4. The molecule has 0 aliphatic carbocycles. The number of aromatic nitrogens is 4. The topological polar surface area (TPSA) is 116 Å². The van der Waals surface area contributed by atoms with Crippen molar-refractivity contribution in [3.63, 3.8) is 0 Å². The Labute approximate surface area is 176 Å². The molecule has 2 aromatic heterocycles. The summed E-state index contributed by atoms with van der Waals surface area (Å²) in [6.07, 6.45) is 0. The molecule has 3 heterocycles. The van der Waals surface area contributed by atoms with E-state index in [4.69, 9.17) is 25.5 Å². The number of fused-ring (bicyclic) bond motifs is 1. The van der Waals surface area contributed by atoms with Gasteiger partial charge in [0, 0.05) is 17.8 Å². The predicted molar refractivity (Wildman–Crippen MR) is 109 cm³/mol. The Balaban J connectivity index is 1.75. The van der Waals surface area contributed by atoms with Crippen LogP contribution in [0.1, 0.15) is 24.5 Å². The summed E-state index contributed by atoms with van der Waals surface area (Å²) in [5, 5.41) is 18.0. The van der Waals surface area contributed by atoms with Gasteiger partial charge in [0.15, 0.2) is 0 Å². The lowest BCUT2D eigenvalue weighted by Crippen LogP contribution is -2.31. The monoisotopic (exact) mass is 430 g/mol. The molecule has 156 valence electrons. The van der Waals surface area contributed by atoms with Crippen molar-refractivity contribution in [2.45, 2.75) is 19.9 Å². The number of furan rings is 1. The number of carbonyl (C=O) groups excluding carboxylic acids is 1. The van der Waals surface area contributed by atoms with Gasteiger partial charge in [0.2, 0.25) is 5.95 Å². The van der Waals surface area contributed by atoms with Crippen molar-refractivity contribution in [3.05, 3.63) is 52.1 Å². The van der Waals surface area contributed by atoms with E-state index in [9.17, 15) is 4.79 Å². The van der Waals surface area contributed by atoms with Crippen molar-refractivity contribution >= 4 is 29.1 Å². The number of aryl methyl sites for hydroxylation is 1. The number of nitrogens with zero attached hydrogens (tertiary/aromatic N) is 4. The molecule has 2 N–H and O–H groups in total. The van der Waals surface area contributed by atoms with Crippen LogP contribution >= 0.6 is 11.6 Å². The lowest BCUT2D eigenvalue weighted by Gasteiger charge is -2.26. The molecule has 0 spiro atoms. The van der Waals surface area contributed by atoms with Gasteiger partial charge in [-0.2, -0.15) is 4.68 Å². The Hall–Kier alpha value is -3.53. The molecule has 11 heteroatoms. The van der Waals surface area contributed by atoms with Gasteiger partial charge in [-0.25, -0.2) is 0 Å². The molecular weight excluding hydrogens is 412 g/mol. The largest absolute Gasteiger partial charge is 0.495 e. The molecule has 0 bridgehead atoms. The summed E-state index contributed by atoms with van der Waals surface area (Å²) < 4.78 is 17.9. The van der Waals surface area contributed by atoms with Gasteiger partial charge in [-0.15, -0.1) is 0 Å². The summed E-state index contributed by atoms with van der Waals surface area (Å²) in [6.45, 7) is 3.60. The van der Waals surface area contributed by atoms with Crippen LogP contribution in [0.25, 0.3) is 0 Å². The third-order valence-corrected chi connectivity index (χ3v) is 5.01. The van der Waals surface area contributed by atoms with E-state index < -0.39 is 6.04 Å². The van der Waals surface area contributed by atoms with Crippen LogP contribution in [-0.4, -0.2) is 40.3 Å². The summed E-state index contributed by atoms with van der Waals surface area (Å²) in [4.78, 5) is 13.4. The smallest absolute Gasteiger partial charge is 0.256 e. The van der Waals surface area contributed by atoms with E-state index in [0.717, 1.165) is 0 Å². The van der Waals surface area contributed by atoms with Gasteiger partial charge in [0.25, 0.3) is 5.91 Å². The Morgan fingerprint density at radius 2 is 2.00 bits per heavy atom. The molecule has 10 nitrogen and oxygen atoms in total. The Morgan fingerprint density at radius 1 is 1.23 bits per heavy atom. The quantitative estimate of drug-likeness (QED) is 0.634. The van der Waals surface area contributed by atoms with E-state index in [-0.39, 0.29) is 5.91 Å². The molecule has 0 saturated heterocycles. The zero-order valence-electron chi connectivity index (χ0n) is 16.7. The second kappa shape index (κ2) is 7.71. The number of rotatable bonds is 5. The van der Waals surface area contributed by atoms with Crippen molar-refractivity contribution in [1.29, 1.82) is 0 Å². The standard InChI is InChI=1S/C19H19ClN6O4/c1-9-5-6-13(30-9)17-16(10(2)21-19-23-24-25-26(17)19)18(27)22-12-8-14(28-3)11(20)7-15(12)29-4/h5-8,17H,1-4H3,(H,22,27)(H,21,23,25). The normalized spacial score (nSPS) is 15.4. The molecule has 0 radical (unpaired) electrons. The summed E-state index contributed by atoms with van der Waals surface area (Å²) in [5.41, 5.74) is 1.38. The minimum Gasteiger partial charge on any atom is -0.495 e. The van der Waals surface area contributed by atoms with Crippen LogP contribution in [0.4, 0.5) is 11.6 Å². The van der Waals surface area contributed by atoms with Crippen LogP contribution in [0.15, 0.2) is 40.0 Å². The van der Waals surface area contributed by atoms with Gasteiger partial charge >= 0.3 is 0 Å². The van der Waals surface area contributed by atoms with Crippen LogP contribution in [-0.2, 0) is 4.79 Å². The van der Waals surface area contributed by atoms with E-state index in [1.807, 2.05) is 13.0 Å². The number of hydrogen-bond donors (Lipinski definition) is 2. The fourth-order valence-electron chi connectivity index (χ4n) is 3.32. The molecule has 1 aliphatic heterocycles. The summed E-state index contributed by atoms with van der Waals surface area (Å²) in [6, 6.07) is 6.14. The van der Waals surface area contributed by atoms with Crippen molar-refractivity contribution in [2.24, 2.45) is 0 Å². The molecule has 4 rings (SSSR count). The molecule has 0 saturated carbocycles. The Bertz CT molecular complexity index is 1150. The van der Waals surface area contributed by atoms with Crippen LogP contribution in [0, 0.1) is 6.92 Å². The second-order valence-electron chi connectivity index (χ2n) is 6.60.